The molecule has 1 unspecified atom stereocenters. The summed E-state index contributed by atoms with van der Waals surface area (Å²) in [7, 11) is 2.14. The lowest BCUT2D eigenvalue weighted by Crippen LogP contribution is -2.44. The van der Waals surface area contributed by atoms with Gasteiger partial charge in [0.25, 0.3) is 0 Å². The van der Waals surface area contributed by atoms with E-state index < -0.39 is 0 Å². The van der Waals surface area contributed by atoms with E-state index in [4.69, 9.17) is 9.47 Å². The Morgan fingerprint density at radius 1 is 1.03 bits per heavy atom. The van der Waals surface area contributed by atoms with Crippen LogP contribution in [0, 0.1) is 5.92 Å². The number of ether oxygens (including phenoxy) is 2. The summed E-state index contributed by atoms with van der Waals surface area (Å²) in [6, 6.07) is 13.6. The second-order valence-electron chi connectivity index (χ2n) is 8.69. The van der Waals surface area contributed by atoms with Gasteiger partial charge in [-0.15, -0.1) is 0 Å². The minimum atomic E-state index is -0.353. The van der Waals surface area contributed by atoms with Crippen LogP contribution >= 0.6 is 0 Å². The van der Waals surface area contributed by atoms with Gasteiger partial charge >= 0.3 is 0 Å². The quantitative estimate of drug-likeness (QED) is 0.774. The van der Waals surface area contributed by atoms with Gasteiger partial charge in [-0.3, -0.25) is 9.59 Å². The fourth-order valence-corrected chi connectivity index (χ4v) is 4.42. The normalized spacial score (nSPS) is 20.7. The highest BCUT2D eigenvalue weighted by Crippen LogP contribution is 2.33. The second-order valence-corrected chi connectivity index (χ2v) is 8.69. The highest BCUT2D eigenvalue weighted by molar-refractivity contribution is 5.97. The number of nitrogens with zero attached hydrogens (tertiary/aromatic N) is 3. The second kappa shape index (κ2) is 8.70. The van der Waals surface area contributed by atoms with Crippen LogP contribution in [-0.2, 0) is 16.1 Å². The molecule has 0 aromatic heterocycles. The summed E-state index contributed by atoms with van der Waals surface area (Å²) in [4.78, 5) is 31.7. The number of benzene rings is 2. The maximum atomic E-state index is 12.8. The molecule has 0 aliphatic carbocycles. The van der Waals surface area contributed by atoms with E-state index in [2.05, 4.69) is 22.2 Å². The van der Waals surface area contributed by atoms with Crippen molar-refractivity contribution in [3.8, 4) is 11.5 Å². The van der Waals surface area contributed by atoms with Gasteiger partial charge in [-0.25, -0.2) is 0 Å². The van der Waals surface area contributed by atoms with Crippen molar-refractivity contribution < 1.29 is 19.1 Å². The molecular weight excluding hydrogens is 408 g/mol. The molecule has 0 spiro atoms. The topological polar surface area (TPSA) is 74.4 Å². The van der Waals surface area contributed by atoms with Crippen molar-refractivity contribution in [1.82, 2.24) is 9.80 Å². The van der Waals surface area contributed by atoms with Crippen molar-refractivity contribution in [3.63, 3.8) is 0 Å². The van der Waals surface area contributed by atoms with E-state index in [0.717, 1.165) is 43.2 Å². The molecular formula is C24H28N4O4. The zero-order chi connectivity index (χ0) is 22.1. The molecule has 5 rings (SSSR count). The highest BCUT2D eigenvalue weighted by atomic mass is 16.7. The first kappa shape index (κ1) is 20.6. The van der Waals surface area contributed by atoms with Crippen LogP contribution in [0.5, 0.6) is 11.5 Å². The van der Waals surface area contributed by atoms with E-state index in [1.807, 2.05) is 42.5 Å². The van der Waals surface area contributed by atoms with Crippen molar-refractivity contribution in [1.29, 1.82) is 0 Å². The lowest BCUT2D eigenvalue weighted by molar-refractivity contribution is -0.128. The third-order valence-electron chi connectivity index (χ3n) is 6.40. The predicted molar refractivity (Wildman–Crippen MR) is 121 cm³/mol. The van der Waals surface area contributed by atoms with Gasteiger partial charge in [-0.2, -0.15) is 0 Å². The van der Waals surface area contributed by atoms with E-state index in [0.29, 0.717) is 18.8 Å². The number of hydrogen-bond acceptors (Lipinski definition) is 6. The number of carbonyl (C=O) groups excluding carboxylic acids is 2. The molecule has 8 heteroatoms. The predicted octanol–water partition coefficient (Wildman–Crippen LogP) is 2.15. The van der Waals surface area contributed by atoms with Crippen molar-refractivity contribution in [2.24, 2.45) is 5.92 Å². The first-order chi connectivity index (χ1) is 15.5. The van der Waals surface area contributed by atoms with Crippen molar-refractivity contribution in [2.75, 3.05) is 56.8 Å². The zero-order valence-electron chi connectivity index (χ0n) is 18.3. The molecule has 2 saturated heterocycles. The fourth-order valence-electron chi connectivity index (χ4n) is 4.42. The minimum Gasteiger partial charge on any atom is -0.454 e. The van der Waals surface area contributed by atoms with Crippen LogP contribution in [0.25, 0.3) is 0 Å². The molecule has 3 aliphatic heterocycles. The number of amides is 2. The number of hydrogen-bond donors (Lipinski definition) is 1. The molecule has 0 radical (unpaired) electrons. The van der Waals surface area contributed by atoms with Crippen molar-refractivity contribution in [2.45, 2.75) is 13.0 Å². The van der Waals surface area contributed by atoms with E-state index in [1.165, 1.54) is 5.69 Å². The number of likely N-dealkylation sites (tertiary alicyclic amines) is 1. The average Bonchev–Trinajstić information content (AvgIpc) is 3.41. The molecule has 2 amide bonds. The Balaban J connectivity index is 1.16. The molecule has 2 fully saturated rings. The number of likely N-dealkylation sites (N-methyl/N-ethyl adjacent to an activating group) is 1. The molecule has 2 aromatic rings. The van der Waals surface area contributed by atoms with Gasteiger partial charge in [-0.05, 0) is 49.0 Å². The molecule has 2 aromatic carbocycles. The Kier molecular flexibility index (Phi) is 5.61. The van der Waals surface area contributed by atoms with Crippen LogP contribution in [0.3, 0.4) is 0 Å². The SMILES string of the molecule is CN1CCN(c2ccc(NC(=O)C3CC(=O)N(Cc4ccc5c(c4)OCO5)C3)cc2)CC1. The van der Waals surface area contributed by atoms with Crippen LogP contribution in [0.1, 0.15) is 12.0 Å². The fraction of sp³-hybridized carbons (Fsp3) is 0.417. The molecule has 8 nitrogen and oxygen atoms in total. The van der Waals surface area contributed by atoms with Crippen LogP contribution in [0.4, 0.5) is 11.4 Å². The average molecular weight is 437 g/mol. The van der Waals surface area contributed by atoms with Gasteiger partial charge in [0.05, 0.1) is 5.92 Å². The number of rotatable bonds is 5. The van der Waals surface area contributed by atoms with Crippen LogP contribution in [0.15, 0.2) is 42.5 Å². The van der Waals surface area contributed by atoms with Gasteiger partial charge in [-0.1, -0.05) is 6.07 Å². The van der Waals surface area contributed by atoms with Crippen molar-refractivity contribution in [3.05, 3.63) is 48.0 Å². The molecule has 3 heterocycles. The van der Waals surface area contributed by atoms with Crippen LogP contribution in [0.2, 0.25) is 0 Å². The van der Waals surface area contributed by atoms with E-state index in [1.54, 1.807) is 4.90 Å². The number of piperazine rings is 1. The summed E-state index contributed by atoms with van der Waals surface area (Å²) in [5.41, 5.74) is 2.89. The van der Waals surface area contributed by atoms with Gasteiger partial charge in [0, 0.05) is 57.1 Å². The molecule has 3 aliphatic rings. The number of fused-ring (bicyclic) bond motifs is 1. The van der Waals surface area contributed by atoms with E-state index >= 15 is 0 Å². The maximum Gasteiger partial charge on any atom is 0.231 e. The smallest absolute Gasteiger partial charge is 0.231 e. The Bertz CT molecular complexity index is 1000. The summed E-state index contributed by atoms with van der Waals surface area (Å²) in [6.07, 6.45) is 0.232. The third kappa shape index (κ3) is 4.36. The number of nitrogens with one attached hydrogen (secondary N) is 1. The van der Waals surface area contributed by atoms with Gasteiger partial charge in [0.2, 0.25) is 18.6 Å². The summed E-state index contributed by atoms with van der Waals surface area (Å²) >= 11 is 0. The van der Waals surface area contributed by atoms with Crippen molar-refractivity contribution >= 4 is 23.2 Å². The molecule has 1 N–H and O–H groups in total. The van der Waals surface area contributed by atoms with Gasteiger partial charge < -0.3 is 29.5 Å². The maximum absolute atomic E-state index is 12.8. The Labute approximate surface area is 187 Å². The van der Waals surface area contributed by atoms with Crippen LogP contribution in [-0.4, -0.2) is 68.2 Å². The first-order valence-electron chi connectivity index (χ1n) is 11.1. The monoisotopic (exact) mass is 436 g/mol. The molecule has 168 valence electrons. The lowest BCUT2D eigenvalue weighted by atomic mass is 10.1. The first-order valence-corrected chi connectivity index (χ1v) is 11.1. The molecule has 0 saturated carbocycles. The minimum absolute atomic E-state index is 0.00627. The number of carbonyl (C=O) groups is 2. The molecule has 1 atom stereocenters. The standard InChI is InChI=1S/C24H28N4O4/c1-26-8-10-27(11-9-26)20-5-3-19(4-6-20)25-24(30)18-13-23(29)28(15-18)14-17-2-7-21-22(12-17)32-16-31-21/h2-7,12,18H,8-11,13-16H2,1H3,(H,25,30). The van der Waals surface area contributed by atoms with E-state index in [-0.39, 0.29) is 30.9 Å². The van der Waals surface area contributed by atoms with Crippen LogP contribution < -0.4 is 19.7 Å². The number of anilines is 2. The highest BCUT2D eigenvalue weighted by Gasteiger charge is 2.34. The summed E-state index contributed by atoms with van der Waals surface area (Å²) < 4.78 is 10.7. The summed E-state index contributed by atoms with van der Waals surface area (Å²) in [5, 5.41) is 2.98. The summed E-state index contributed by atoms with van der Waals surface area (Å²) in [6.45, 7) is 5.21. The summed E-state index contributed by atoms with van der Waals surface area (Å²) in [5.74, 6) is 0.946. The lowest BCUT2D eigenvalue weighted by Gasteiger charge is -2.34. The van der Waals surface area contributed by atoms with E-state index in [9.17, 15) is 9.59 Å². The zero-order valence-corrected chi connectivity index (χ0v) is 18.3. The third-order valence-corrected chi connectivity index (χ3v) is 6.40. The Morgan fingerprint density at radius 3 is 2.56 bits per heavy atom. The Hall–Kier alpha value is -3.26. The van der Waals surface area contributed by atoms with Gasteiger partial charge in [0.1, 0.15) is 0 Å². The molecule has 32 heavy (non-hydrogen) atoms. The largest absolute Gasteiger partial charge is 0.454 e. The van der Waals surface area contributed by atoms with Gasteiger partial charge in [0.15, 0.2) is 11.5 Å². The molecule has 0 bridgehead atoms. The Morgan fingerprint density at radius 2 is 1.78 bits per heavy atom.